The normalized spacial score (nSPS) is 13.3. The topological polar surface area (TPSA) is 102 Å². The zero-order valence-corrected chi connectivity index (χ0v) is 14.7. The van der Waals surface area contributed by atoms with Gasteiger partial charge in [-0.1, -0.05) is 25.4 Å². The molecule has 4 N–H and O–H groups in total. The Morgan fingerprint density at radius 2 is 1.83 bits per heavy atom. The molecule has 0 aliphatic rings. The minimum Gasteiger partial charge on any atom is -0.480 e. The fraction of sp³-hybridized carbons (Fsp3) is 0.500. The van der Waals surface area contributed by atoms with Crippen LogP contribution in [-0.2, 0) is 14.9 Å². The lowest BCUT2D eigenvalue weighted by atomic mass is 9.78. The van der Waals surface area contributed by atoms with Crippen LogP contribution in [-0.4, -0.2) is 28.8 Å². The third-order valence-electron chi connectivity index (χ3n) is 3.35. The molecule has 0 aliphatic carbocycles. The molecule has 128 valence electrons. The molecule has 1 atom stereocenters. The molecule has 0 radical (unpaired) electrons. The van der Waals surface area contributed by atoms with Crippen molar-refractivity contribution >= 4 is 29.4 Å². The van der Waals surface area contributed by atoms with Crippen LogP contribution in [0, 0.1) is 0 Å². The predicted octanol–water partition coefficient (Wildman–Crippen LogP) is 3.38. The number of carbonyl (C=O) groups is 2. The number of carboxylic acid groups (broad SMARTS) is 1. The summed E-state index contributed by atoms with van der Waals surface area (Å²) in [5.41, 5.74) is 5.20. The summed E-state index contributed by atoms with van der Waals surface area (Å²) in [6.45, 7) is 8.65. The number of aliphatic carboxylic acids is 1. The van der Waals surface area contributed by atoms with Gasteiger partial charge in [0, 0.05) is 16.1 Å². The van der Waals surface area contributed by atoms with E-state index in [9.17, 15) is 9.59 Å². The standard InChI is InChI=1S/C16H23ClN2O4/c1-15(2,3)23-14(22)19-9-6-7-11(17)10(8-9)16(4,5)12(18)13(20)21/h6-8,12H,18H2,1-5H3,(H,19,22)(H,20,21). The van der Waals surface area contributed by atoms with Crippen molar-refractivity contribution in [3.8, 4) is 0 Å². The van der Waals surface area contributed by atoms with Gasteiger partial charge in [-0.05, 0) is 44.5 Å². The molecule has 0 bridgehead atoms. The number of hydrogen-bond donors (Lipinski definition) is 3. The Hall–Kier alpha value is -1.79. The van der Waals surface area contributed by atoms with Crippen molar-refractivity contribution in [2.75, 3.05) is 5.32 Å². The highest BCUT2D eigenvalue weighted by Gasteiger charge is 2.35. The predicted molar refractivity (Wildman–Crippen MR) is 89.9 cm³/mol. The van der Waals surface area contributed by atoms with Crippen molar-refractivity contribution < 1.29 is 19.4 Å². The van der Waals surface area contributed by atoms with E-state index in [-0.39, 0.29) is 0 Å². The number of nitrogens with two attached hydrogens (primary N) is 1. The van der Waals surface area contributed by atoms with Crippen molar-refractivity contribution in [1.82, 2.24) is 0 Å². The lowest BCUT2D eigenvalue weighted by Gasteiger charge is -2.30. The lowest BCUT2D eigenvalue weighted by Crippen LogP contribution is -2.47. The smallest absolute Gasteiger partial charge is 0.412 e. The summed E-state index contributed by atoms with van der Waals surface area (Å²) in [6.07, 6.45) is -0.605. The summed E-state index contributed by atoms with van der Waals surface area (Å²) < 4.78 is 5.18. The van der Waals surface area contributed by atoms with E-state index in [2.05, 4.69) is 5.32 Å². The Morgan fingerprint density at radius 1 is 1.26 bits per heavy atom. The molecule has 0 aliphatic heterocycles. The van der Waals surface area contributed by atoms with Crippen LogP contribution in [0.2, 0.25) is 5.02 Å². The van der Waals surface area contributed by atoms with Crippen LogP contribution in [0.15, 0.2) is 18.2 Å². The molecule has 0 spiro atoms. The van der Waals surface area contributed by atoms with Gasteiger partial charge in [-0.3, -0.25) is 10.1 Å². The van der Waals surface area contributed by atoms with Crippen molar-refractivity contribution in [2.45, 2.75) is 51.7 Å². The van der Waals surface area contributed by atoms with Gasteiger partial charge in [0.1, 0.15) is 11.6 Å². The number of halogens is 1. The fourth-order valence-electron chi connectivity index (χ4n) is 1.99. The largest absolute Gasteiger partial charge is 0.480 e. The molecule has 0 heterocycles. The number of carboxylic acids is 1. The monoisotopic (exact) mass is 342 g/mol. The summed E-state index contributed by atoms with van der Waals surface area (Å²) in [5, 5.41) is 12.1. The molecule has 0 fully saturated rings. The van der Waals surface area contributed by atoms with Gasteiger partial charge in [0.25, 0.3) is 0 Å². The molecule has 1 rings (SSSR count). The van der Waals surface area contributed by atoms with Crippen LogP contribution in [0.4, 0.5) is 10.5 Å². The summed E-state index contributed by atoms with van der Waals surface area (Å²) in [7, 11) is 0. The summed E-state index contributed by atoms with van der Waals surface area (Å²) >= 11 is 6.18. The average Bonchev–Trinajstić information content (AvgIpc) is 2.37. The number of ether oxygens (including phenoxy) is 1. The van der Waals surface area contributed by atoms with E-state index in [1.54, 1.807) is 52.8 Å². The van der Waals surface area contributed by atoms with Crippen molar-refractivity contribution in [1.29, 1.82) is 0 Å². The molecule has 7 heteroatoms. The molecule has 23 heavy (non-hydrogen) atoms. The highest BCUT2D eigenvalue weighted by atomic mass is 35.5. The van der Waals surface area contributed by atoms with Crippen molar-refractivity contribution in [3.63, 3.8) is 0 Å². The minimum absolute atomic E-state index is 0.376. The first-order valence-corrected chi connectivity index (χ1v) is 7.51. The number of amides is 1. The molecule has 1 aromatic carbocycles. The maximum absolute atomic E-state index is 11.8. The number of hydrogen-bond acceptors (Lipinski definition) is 4. The maximum Gasteiger partial charge on any atom is 0.412 e. The van der Waals surface area contributed by atoms with Gasteiger partial charge >= 0.3 is 12.1 Å². The van der Waals surface area contributed by atoms with Crippen LogP contribution in [0.1, 0.15) is 40.2 Å². The van der Waals surface area contributed by atoms with E-state index in [1.165, 1.54) is 0 Å². The SMILES string of the molecule is CC(C)(C)OC(=O)Nc1ccc(Cl)c(C(C)(C)C(N)C(=O)O)c1. The number of benzene rings is 1. The number of carbonyl (C=O) groups excluding carboxylic acids is 1. The van der Waals surface area contributed by atoms with Crippen molar-refractivity contribution in [2.24, 2.45) is 5.73 Å². The van der Waals surface area contributed by atoms with Gasteiger partial charge in [0.05, 0.1) is 0 Å². The van der Waals surface area contributed by atoms with Gasteiger partial charge in [-0.2, -0.15) is 0 Å². The molecule has 0 aromatic heterocycles. The average molecular weight is 343 g/mol. The van der Waals surface area contributed by atoms with E-state index in [0.717, 1.165) is 0 Å². The Balaban J connectivity index is 3.09. The quantitative estimate of drug-likeness (QED) is 0.778. The van der Waals surface area contributed by atoms with Gasteiger partial charge in [0.15, 0.2) is 0 Å². The third-order valence-corrected chi connectivity index (χ3v) is 3.68. The van der Waals surface area contributed by atoms with Crippen LogP contribution >= 0.6 is 11.6 Å². The molecule has 6 nitrogen and oxygen atoms in total. The summed E-state index contributed by atoms with van der Waals surface area (Å²) in [6, 6.07) is 3.66. The second-order valence-corrected chi connectivity index (χ2v) is 7.27. The molecule has 0 saturated carbocycles. The highest BCUT2D eigenvalue weighted by molar-refractivity contribution is 6.31. The van der Waals surface area contributed by atoms with E-state index in [1.807, 2.05) is 0 Å². The molecular weight excluding hydrogens is 320 g/mol. The Labute approximate surface area is 141 Å². The first kappa shape index (κ1) is 19.3. The fourth-order valence-corrected chi connectivity index (χ4v) is 2.36. The van der Waals surface area contributed by atoms with Crippen molar-refractivity contribution in [3.05, 3.63) is 28.8 Å². The zero-order chi connectivity index (χ0) is 18.0. The van der Waals surface area contributed by atoms with E-state index in [0.29, 0.717) is 16.3 Å². The third kappa shape index (κ3) is 5.11. The van der Waals surface area contributed by atoms with Gasteiger partial charge in [0.2, 0.25) is 0 Å². The molecule has 0 saturated heterocycles. The Bertz CT molecular complexity index is 609. The Kier molecular flexibility index (Phi) is 5.66. The summed E-state index contributed by atoms with van der Waals surface area (Å²) in [5.74, 6) is -1.13. The number of anilines is 1. The molecule has 1 amide bonds. The van der Waals surface area contributed by atoms with Crippen LogP contribution in [0.5, 0.6) is 0 Å². The first-order chi connectivity index (χ1) is 10.3. The molecular formula is C16H23ClN2O4. The van der Waals surface area contributed by atoms with E-state index in [4.69, 9.17) is 27.2 Å². The molecule has 1 aromatic rings. The molecule has 1 unspecified atom stereocenters. The van der Waals surface area contributed by atoms with Crippen LogP contribution in [0.3, 0.4) is 0 Å². The van der Waals surface area contributed by atoms with Crippen LogP contribution < -0.4 is 11.1 Å². The van der Waals surface area contributed by atoms with E-state index < -0.39 is 29.1 Å². The van der Waals surface area contributed by atoms with Gasteiger partial charge in [-0.15, -0.1) is 0 Å². The van der Waals surface area contributed by atoms with Crippen LogP contribution in [0.25, 0.3) is 0 Å². The highest BCUT2D eigenvalue weighted by Crippen LogP contribution is 2.34. The number of nitrogens with one attached hydrogen (secondary N) is 1. The van der Waals surface area contributed by atoms with Gasteiger partial charge in [-0.25, -0.2) is 4.79 Å². The second kappa shape index (κ2) is 6.76. The Morgan fingerprint density at radius 3 is 2.30 bits per heavy atom. The van der Waals surface area contributed by atoms with Gasteiger partial charge < -0.3 is 15.6 Å². The second-order valence-electron chi connectivity index (χ2n) is 6.86. The zero-order valence-electron chi connectivity index (χ0n) is 13.9. The summed E-state index contributed by atoms with van der Waals surface area (Å²) in [4.78, 5) is 23.0. The lowest BCUT2D eigenvalue weighted by molar-refractivity contribution is -0.140. The van der Waals surface area contributed by atoms with E-state index >= 15 is 0 Å². The number of rotatable bonds is 4. The maximum atomic E-state index is 11.8. The minimum atomic E-state index is -1.14. The first-order valence-electron chi connectivity index (χ1n) is 7.13.